The normalized spacial score (nSPS) is 10.8. The molecule has 2 aromatic carbocycles. The Labute approximate surface area is 164 Å². The second-order valence-electron chi connectivity index (χ2n) is 5.89. The number of benzene rings is 2. The highest BCUT2D eigenvalue weighted by Crippen LogP contribution is 2.32. The molecule has 1 N–H and O–H groups in total. The Morgan fingerprint density at radius 2 is 1.96 bits per heavy atom. The molecule has 0 aliphatic rings. The fraction of sp³-hybridized carbons (Fsp3) is 0.0952. The lowest BCUT2D eigenvalue weighted by molar-refractivity contribution is 0.0733. The van der Waals surface area contributed by atoms with Crippen molar-refractivity contribution in [2.24, 2.45) is 0 Å². The number of aromatic nitrogens is 2. The van der Waals surface area contributed by atoms with E-state index in [2.05, 4.69) is 9.97 Å². The number of rotatable bonds is 5. The minimum atomic E-state index is -0.444. The molecule has 0 aliphatic heterocycles. The molecule has 2 aromatic heterocycles. The van der Waals surface area contributed by atoms with Crippen LogP contribution < -0.4 is 15.0 Å². The van der Waals surface area contributed by atoms with Gasteiger partial charge in [0.25, 0.3) is 5.56 Å². The van der Waals surface area contributed by atoms with Crippen LogP contribution in [0.2, 0.25) is 0 Å². The third-order valence-electron chi connectivity index (χ3n) is 4.05. The summed E-state index contributed by atoms with van der Waals surface area (Å²) in [6.45, 7) is 2.24. The van der Waals surface area contributed by atoms with Gasteiger partial charge in [0.05, 0.1) is 17.5 Å². The molecule has 0 aliphatic carbocycles. The maximum absolute atomic E-state index is 12.3. The number of esters is 1. The number of hydrogen-bond donors (Lipinski definition) is 1. The molecule has 0 amide bonds. The highest BCUT2D eigenvalue weighted by molar-refractivity contribution is 7.12. The standard InChI is InChI=1S/C21H16N2O4S/c1-2-26-17-12-13(9-10-16(17)27-21(25)18-8-5-11-28-18)19-22-15-7-4-3-6-14(15)20(24)23-19/h3-12H,2H2,1H3,(H,22,23,24). The molecule has 0 radical (unpaired) electrons. The van der Waals surface area contributed by atoms with Gasteiger partial charge in [-0.05, 0) is 48.7 Å². The van der Waals surface area contributed by atoms with Crippen LogP contribution in [0.1, 0.15) is 16.6 Å². The molecule has 140 valence electrons. The van der Waals surface area contributed by atoms with Gasteiger partial charge in [0.2, 0.25) is 0 Å². The average molecular weight is 392 g/mol. The van der Waals surface area contributed by atoms with Gasteiger partial charge in [-0.25, -0.2) is 9.78 Å². The molecule has 7 heteroatoms. The molecule has 28 heavy (non-hydrogen) atoms. The van der Waals surface area contributed by atoms with E-state index in [0.29, 0.717) is 45.3 Å². The van der Waals surface area contributed by atoms with E-state index in [9.17, 15) is 9.59 Å². The first-order valence-electron chi connectivity index (χ1n) is 8.67. The number of para-hydroxylation sites is 1. The Balaban J connectivity index is 1.72. The summed E-state index contributed by atoms with van der Waals surface area (Å²) in [5, 5.41) is 2.34. The van der Waals surface area contributed by atoms with Crippen LogP contribution in [-0.2, 0) is 0 Å². The van der Waals surface area contributed by atoms with Gasteiger partial charge in [0.15, 0.2) is 11.5 Å². The molecule has 2 heterocycles. The number of ether oxygens (including phenoxy) is 2. The number of fused-ring (bicyclic) bond motifs is 1. The van der Waals surface area contributed by atoms with E-state index in [1.54, 1.807) is 48.5 Å². The fourth-order valence-corrected chi connectivity index (χ4v) is 3.37. The molecule has 0 bridgehead atoms. The molecule has 0 saturated heterocycles. The zero-order valence-corrected chi connectivity index (χ0v) is 15.8. The third-order valence-corrected chi connectivity index (χ3v) is 4.90. The summed E-state index contributed by atoms with van der Waals surface area (Å²) in [6, 6.07) is 15.7. The quantitative estimate of drug-likeness (QED) is 0.405. The molecule has 0 spiro atoms. The second-order valence-corrected chi connectivity index (χ2v) is 6.84. The number of aromatic amines is 1. The van der Waals surface area contributed by atoms with Crippen LogP contribution in [0.25, 0.3) is 22.3 Å². The minimum Gasteiger partial charge on any atom is -0.490 e. The SMILES string of the molecule is CCOc1cc(-c2nc3ccccc3c(=O)[nH]2)ccc1OC(=O)c1cccs1. The van der Waals surface area contributed by atoms with Crippen LogP contribution in [0.15, 0.2) is 64.8 Å². The van der Waals surface area contributed by atoms with Gasteiger partial charge in [-0.2, -0.15) is 0 Å². The lowest BCUT2D eigenvalue weighted by atomic mass is 10.1. The molecule has 4 aromatic rings. The summed E-state index contributed by atoms with van der Waals surface area (Å²) in [5.41, 5.74) is 1.04. The number of nitrogens with one attached hydrogen (secondary N) is 1. The maximum Gasteiger partial charge on any atom is 0.353 e. The topological polar surface area (TPSA) is 81.3 Å². The highest BCUT2D eigenvalue weighted by Gasteiger charge is 2.15. The van der Waals surface area contributed by atoms with Crippen LogP contribution in [0.5, 0.6) is 11.5 Å². The molecule has 6 nitrogen and oxygen atoms in total. The van der Waals surface area contributed by atoms with Crippen molar-refractivity contribution in [3.63, 3.8) is 0 Å². The Hall–Kier alpha value is -3.45. The van der Waals surface area contributed by atoms with Crippen molar-refractivity contribution in [2.45, 2.75) is 6.92 Å². The molecule has 0 fully saturated rings. The largest absolute Gasteiger partial charge is 0.490 e. The first-order chi connectivity index (χ1) is 13.7. The van der Waals surface area contributed by atoms with Gasteiger partial charge in [-0.1, -0.05) is 18.2 Å². The van der Waals surface area contributed by atoms with Gasteiger partial charge in [-0.15, -0.1) is 11.3 Å². The van der Waals surface area contributed by atoms with Crippen molar-refractivity contribution in [1.29, 1.82) is 0 Å². The average Bonchev–Trinajstić information content (AvgIpc) is 3.24. The molecule has 0 atom stereocenters. The van der Waals surface area contributed by atoms with Gasteiger partial charge < -0.3 is 14.5 Å². The van der Waals surface area contributed by atoms with Crippen LogP contribution in [0.3, 0.4) is 0 Å². The summed E-state index contributed by atoms with van der Waals surface area (Å²) in [7, 11) is 0. The zero-order chi connectivity index (χ0) is 19.5. The Bertz CT molecular complexity index is 1200. The van der Waals surface area contributed by atoms with Crippen LogP contribution in [0, 0.1) is 0 Å². The summed E-state index contributed by atoms with van der Waals surface area (Å²) < 4.78 is 11.1. The summed E-state index contributed by atoms with van der Waals surface area (Å²) in [6.07, 6.45) is 0. The lowest BCUT2D eigenvalue weighted by Gasteiger charge is -2.12. The molecule has 4 rings (SSSR count). The second kappa shape index (κ2) is 7.66. The smallest absolute Gasteiger partial charge is 0.353 e. The highest BCUT2D eigenvalue weighted by atomic mass is 32.1. The van der Waals surface area contributed by atoms with E-state index in [-0.39, 0.29) is 5.56 Å². The molecule has 0 unspecified atom stereocenters. The van der Waals surface area contributed by atoms with Crippen molar-refractivity contribution in [3.05, 3.63) is 75.2 Å². The Kier molecular flexibility index (Phi) is 4.90. The maximum atomic E-state index is 12.3. The van der Waals surface area contributed by atoms with E-state index < -0.39 is 5.97 Å². The number of carbonyl (C=O) groups excluding carboxylic acids is 1. The van der Waals surface area contributed by atoms with Gasteiger partial charge >= 0.3 is 5.97 Å². The van der Waals surface area contributed by atoms with E-state index in [1.807, 2.05) is 18.4 Å². The lowest BCUT2D eigenvalue weighted by Crippen LogP contribution is -2.10. The van der Waals surface area contributed by atoms with Gasteiger partial charge in [0, 0.05) is 5.56 Å². The molecular weight excluding hydrogens is 376 g/mol. The summed E-state index contributed by atoms with van der Waals surface area (Å²) in [5.74, 6) is 0.689. The van der Waals surface area contributed by atoms with E-state index in [4.69, 9.17) is 9.47 Å². The zero-order valence-electron chi connectivity index (χ0n) is 15.0. The number of carbonyl (C=O) groups is 1. The predicted molar refractivity (Wildman–Crippen MR) is 108 cm³/mol. The Morgan fingerprint density at radius 3 is 2.75 bits per heavy atom. The van der Waals surface area contributed by atoms with Crippen molar-refractivity contribution >= 4 is 28.2 Å². The monoisotopic (exact) mass is 392 g/mol. The molecule has 0 saturated carbocycles. The van der Waals surface area contributed by atoms with Gasteiger partial charge in [0.1, 0.15) is 10.7 Å². The van der Waals surface area contributed by atoms with Crippen molar-refractivity contribution in [2.75, 3.05) is 6.61 Å². The van der Waals surface area contributed by atoms with E-state index in [1.165, 1.54) is 11.3 Å². The summed E-state index contributed by atoms with van der Waals surface area (Å²) in [4.78, 5) is 32.4. The van der Waals surface area contributed by atoms with E-state index >= 15 is 0 Å². The predicted octanol–water partition coefficient (Wildman–Crippen LogP) is 4.27. The fourth-order valence-electron chi connectivity index (χ4n) is 2.78. The van der Waals surface area contributed by atoms with Crippen molar-refractivity contribution < 1.29 is 14.3 Å². The van der Waals surface area contributed by atoms with Crippen molar-refractivity contribution in [3.8, 4) is 22.9 Å². The van der Waals surface area contributed by atoms with Crippen LogP contribution in [-0.4, -0.2) is 22.5 Å². The van der Waals surface area contributed by atoms with Crippen LogP contribution >= 0.6 is 11.3 Å². The first-order valence-corrected chi connectivity index (χ1v) is 9.55. The minimum absolute atomic E-state index is 0.216. The first kappa shape index (κ1) is 17.9. The number of H-pyrrole nitrogens is 1. The number of hydrogen-bond acceptors (Lipinski definition) is 6. The molecular formula is C21H16N2O4S. The van der Waals surface area contributed by atoms with Crippen LogP contribution in [0.4, 0.5) is 0 Å². The number of nitrogens with zero attached hydrogens (tertiary/aromatic N) is 1. The van der Waals surface area contributed by atoms with Crippen molar-refractivity contribution in [1.82, 2.24) is 9.97 Å². The number of thiophene rings is 1. The third kappa shape index (κ3) is 3.52. The van der Waals surface area contributed by atoms with E-state index in [0.717, 1.165) is 0 Å². The summed E-state index contributed by atoms with van der Waals surface area (Å²) >= 11 is 1.31. The Morgan fingerprint density at radius 1 is 1.11 bits per heavy atom. The van der Waals surface area contributed by atoms with Gasteiger partial charge in [-0.3, -0.25) is 4.79 Å².